The molecule has 0 saturated carbocycles. The summed E-state index contributed by atoms with van der Waals surface area (Å²) in [5.41, 5.74) is 5.19. The van der Waals surface area contributed by atoms with Crippen molar-refractivity contribution in [1.82, 2.24) is 25.1 Å². The average Bonchev–Trinajstić information content (AvgIpc) is 3.32. The number of carbonyl (C=O) groups excluding carboxylic acids is 1. The van der Waals surface area contributed by atoms with Crippen molar-refractivity contribution in [2.75, 3.05) is 26.3 Å². The van der Waals surface area contributed by atoms with E-state index in [1.807, 2.05) is 31.1 Å². The predicted octanol–water partition coefficient (Wildman–Crippen LogP) is 4.38. The summed E-state index contributed by atoms with van der Waals surface area (Å²) in [4.78, 5) is 23.5. The Balaban J connectivity index is 1.53. The minimum atomic E-state index is -0.0600. The lowest BCUT2D eigenvalue weighted by atomic mass is 9.87. The number of nitrogens with zero attached hydrogens (tertiary/aromatic N) is 4. The lowest BCUT2D eigenvalue weighted by Crippen LogP contribution is -2.56. The molecular weight excluding hydrogens is 442 g/mol. The molecule has 6 rings (SSSR count). The van der Waals surface area contributed by atoms with Gasteiger partial charge >= 0.3 is 0 Å². The second-order valence-corrected chi connectivity index (χ2v) is 9.50. The van der Waals surface area contributed by atoms with Gasteiger partial charge in [0.2, 0.25) is 11.8 Å². The standard InChI is InChI=1S/C27H29N5O3/c1-3-24(33)32-14-20(15-32)35-27-22-12-23-19(13-29-31-23)11-21(22)25(18-4-7-28-16(2)10-18)26(30-27)17-5-8-34-9-6-17/h4,7,10-13,17,20H,3,5-6,8-9,14-15H2,1-2H3,(H,29,31). The highest BCUT2D eigenvalue weighted by Gasteiger charge is 2.33. The molecule has 4 aromatic rings. The summed E-state index contributed by atoms with van der Waals surface area (Å²) in [5, 5.41) is 10.4. The number of fused-ring (bicyclic) bond motifs is 2. The predicted molar refractivity (Wildman–Crippen MR) is 133 cm³/mol. The average molecular weight is 472 g/mol. The molecule has 1 amide bonds. The van der Waals surface area contributed by atoms with E-state index in [2.05, 4.69) is 39.4 Å². The third kappa shape index (κ3) is 4.01. The van der Waals surface area contributed by atoms with Crippen LogP contribution in [0.4, 0.5) is 0 Å². The topological polar surface area (TPSA) is 93.2 Å². The number of benzene rings is 1. The number of carbonyl (C=O) groups is 1. The summed E-state index contributed by atoms with van der Waals surface area (Å²) in [6, 6.07) is 8.45. The van der Waals surface area contributed by atoms with Crippen LogP contribution >= 0.6 is 0 Å². The number of hydrogen-bond donors (Lipinski definition) is 1. The summed E-state index contributed by atoms with van der Waals surface area (Å²) in [6.45, 7) is 6.56. The van der Waals surface area contributed by atoms with Crippen LogP contribution in [-0.2, 0) is 9.53 Å². The lowest BCUT2D eigenvalue weighted by Gasteiger charge is -2.39. The van der Waals surface area contributed by atoms with Crippen LogP contribution in [0.2, 0.25) is 0 Å². The Morgan fingerprint density at radius 3 is 2.80 bits per heavy atom. The zero-order chi connectivity index (χ0) is 23.9. The van der Waals surface area contributed by atoms with Gasteiger partial charge < -0.3 is 14.4 Å². The molecule has 0 aliphatic carbocycles. The molecule has 2 aliphatic rings. The Kier molecular flexibility index (Phi) is 5.60. The first-order valence-electron chi connectivity index (χ1n) is 12.4. The van der Waals surface area contributed by atoms with Crippen LogP contribution in [0.5, 0.6) is 5.88 Å². The number of aromatic nitrogens is 4. The monoisotopic (exact) mass is 471 g/mol. The summed E-state index contributed by atoms with van der Waals surface area (Å²) in [5.74, 6) is 1.06. The maximum absolute atomic E-state index is 12.0. The lowest BCUT2D eigenvalue weighted by molar-refractivity contribution is -0.139. The van der Waals surface area contributed by atoms with E-state index in [1.165, 1.54) is 0 Å². The Bertz CT molecular complexity index is 1400. The largest absolute Gasteiger partial charge is 0.470 e. The molecule has 0 atom stereocenters. The van der Waals surface area contributed by atoms with Gasteiger partial charge in [-0.3, -0.25) is 14.9 Å². The molecule has 5 heterocycles. The molecule has 2 saturated heterocycles. The van der Waals surface area contributed by atoms with Crippen molar-refractivity contribution < 1.29 is 14.3 Å². The maximum Gasteiger partial charge on any atom is 0.222 e. The van der Waals surface area contributed by atoms with E-state index in [0.717, 1.165) is 70.2 Å². The molecule has 0 spiro atoms. The van der Waals surface area contributed by atoms with E-state index < -0.39 is 0 Å². The number of H-pyrrole nitrogens is 1. The van der Waals surface area contributed by atoms with Crippen molar-refractivity contribution in [3.05, 3.63) is 48.0 Å². The Morgan fingerprint density at radius 1 is 1.20 bits per heavy atom. The minimum Gasteiger partial charge on any atom is -0.470 e. The van der Waals surface area contributed by atoms with E-state index in [1.54, 1.807) is 0 Å². The van der Waals surface area contributed by atoms with Gasteiger partial charge in [0.25, 0.3) is 0 Å². The molecule has 3 aromatic heterocycles. The third-order valence-electron chi connectivity index (χ3n) is 7.13. The molecule has 35 heavy (non-hydrogen) atoms. The van der Waals surface area contributed by atoms with Crippen LogP contribution in [0.15, 0.2) is 36.7 Å². The van der Waals surface area contributed by atoms with Crippen LogP contribution in [0.1, 0.15) is 43.5 Å². The number of aryl methyl sites for hydroxylation is 1. The third-order valence-corrected chi connectivity index (χ3v) is 7.13. The quantitative estimate of drug-likeness (QED) is 0.464. The van der Waals surface area contributed by atoms with Gasteiger partial charge in [-0.2, -0.15) is 5.10 Å². The number of amides is 1. The van der Waals surface area contributed by atoms with E-state index in [4.69, 9.17) is 14.5 Å². The first-order valence-corrected chi connectivity index (χ1v) is 12.4. The van der Waals surface area contributed by atoms with Gasteiger partial charge in [0.05, 0.1) is 30.5 Å². The maximum atomic E-state index is 12.0. The normalized spacial score (nSPS) is 17.1. The van der Waals surface area contributed by atoms with Gasteiger partial charge in [0.1, 0.15) is 6.10 Å². The molecular formula is C27H29N5O3. The fraction of sp³-hybridized carbons (Fsp3) is 0.407. The molecule has 0 radical (unpaired) electrons. The SMILES string of the molecule is CCC(=O)N1CC(Oc2nc(C3CCOCC3)c(-c3ccnc(C)c3)c3cc4cn[nH]c4cc23)C1. The van der Waals surface area contributed by atoms with Crippen LogP contribution < -0.4 is 4.74 Å². The van der Waals surface area contributed by atoms with E-state index in [-0.39, 0.29) is 17.9 Å². The minimum absolute atomic E-state index is 0.0600. The number of pyridine rings is 2. The van der Waals surface area contributed by atoms with Crippen molar-refractivity contribution in [3.63, 3.8) is 0 Å². The van der Waals surface area contributed by atoms with Gasteiger partial charge in [-0.1, -0.05) is 6.92 Å². The molecule has 2 aliphatic heterocycles. The molecule has 8 nitrogen and oxygen atoms in total. The van der Waals surface area contributed by atoms with Crippen molar-refractivity contribution in [3.8, 4) is 17.0 Å². The van der Waals surface area contributed by atoms with Crippen molar-refractivity contribution in [2.45, 2.75) is 45.1 Å². The summed E-state index contributed by atoms with van der Waals surface area (Å²) < 4.78 is 12.1. The molecule has 0 unspecified atom stereocenters. The Hall–Kier alpha value is -3.52. The first-order chi connectivity index (χ1) is 17.1. The summed E-state index contributed by atoms with van der Waals surface area (Å²) in [7, 11) is 0. The Labute approximate surface area is 203 Å². The molecule has 1 aromatic carbocycles. The summed E-state index contributed by atoms with van der Waals surface area (Å²) >= 11 is 0. The van der Waals surface area contributed by atoms with Crippen molar-refractivity contribution in [2.24, 2.45) is 0 Å². The highest BCUT2D eigenvalue weighted by Crippen LogP contribution is 2.43. The van der Waals surface area contributed by atoms with Crippen LogP contribution in [-0.4, -0.2) is 63.4 Å². The molecule has 180 valence electrons. The number of likely N-dealkylation sites (tertiary alicyclic amines) is 1. The fourth-order valence-electron chi connectivity index (χ4n) is 5.20. The highest BCUT2D eigenvalue weighted by molar-refractivity contribution is 6.06. The van der Waals surface area contributed by atoms with Crippen LogP contribution in [0.25, 0.3) is 32.8 Å². The Morgan fingerprint density at radius 2 is 2.03 bits per heavy atom. The first kappa shape index (κ1) is 22.0. The molecule has 2 fully saturated rings. The fourth-order valence-corrected chi connectivity index (χ4v) is 5.20. The van der Waals surface area contributed by atoms with Crippen molar-refractivity contribution in [1.29, 1.82) is 0 Å². The van der Waals surface area contributed by atoms with Crippen molar-refractivity contribution >= 4 is 27.6 Å². The van der Waals surface area contributed by atoms with Gasteiger partial charge in [-0.05, 0) is 55.0 Å². The van der Waals surface area contributed by atoms with Gasteiger partial charge in [0, 0.05) is 53.8 Å². The molecule has 0 bridgehead atoms. The second kappa shape index (κ2) is 8.92. The zero-order valence-corrected chi connectivity index (χ0v) is 20.1. The summed E-state index contributed by atoms with van der Waals surface area (Å²) in [6.07, 6.45) is 6.01. The van der Waals surface area contributed by atoms with Gasteiger partial charge in [0.15, 0.2) is 0 Å². The smallest absolute Gasteiger partial charge is 0.222 e. The van der Waals surface area contributed by atoms with Crippen LogP contribution in [0, 0.1) is 6.92 Å². The van der Waals surface area contributed by atoms with Gasteiger partial charge in [-0.15, -0.1) is 0 Å². The van der Waals surface area contributed by atoms with E-state index in [9.17, 15) is 4.79 Å². The second-order valence-electron chi connectivity index (χ2n) is 9.50. The number of aromatic amines is 1. The zero-order valence-electron chi connectivity index (χ0n) is 20.1. The molecule has 8 heteroatoms. The highest BCUT2D eigenvalue weighted by atomic mass is 16.5. The number of nitrogens with one attached hydrogen (secondary N) is 1. The van der Waals surface area contributed by atoms with E-state index >= 15 is 0 Å². The number of hydrogen-bond acceptors (Lipinski definition) is 6. The van der Waals surface area contributed by atoms with Gasteiger partial charge in [-0.25, -0.2) is 4.98 Å². The molecule has 1 N–H and O–H groups in total. The number of ether oxygens (including phenoxy) is 2. The van der Waals surface area contributed by atoms with E-state index in [0.29, 0.717) is 25.4 Å². The number of rotatable bonds is 5. The van der Waals surface area contributed by atoms with Crippen LogP contribution in [0.3, 0.4) is 0 Å².